The van der Waals surface area contributed by atoms with Crippen LogP contribution in [0, 0.1) is 23.7 Å². The summed E-state index contributed by atoms with van der Waals surface area (Å²) in [6.07, 6.45) is 8.14. The van der Waals surface area contributed by atoms with Crippen molar-refractivity contribution in [3.63, 3.8) is 0 Å². The van der Waals surface area contributed by atoms with Crippen LogP contribution in [-0.4, -0.2) is 39.1 Å². The number of hydrogen-bond acceptors (Lipinski definition) is 5. The number of nitrogens with zero attached hydrogens (tertiary/aromatic N) is 3. The Balaban J connectivity index is 1.31. The molecule has 1 saturated carbocycles. The van der Waals surface area contributed by atoms with Crippen LogP contribution in [0.4, 0.5) is 5.69 Å². The summed E-state index contributed by atoms with van der Waals surface area (Å²) in [6, 6.07) is 5.20. The molecule has 2 aliphatic carbocycles. The molecule has 5 rings (SSSR count). The summed E-state index contributed by atoms with van der Waals surface area (Å²) in [4.78, 5) is 47.1. The minimum Gasteiger partial charge on any atom is -0.324 e. The van der Waals surface area contributed by atoms with Crippen molar-refractivity contribution < 1.29 is 14.4 Å². The molecule has 0 radical (unpaired) electrons. The second kappa shape index (κ2) is 5.45. The molecule has 1 aromatic heterocycles. The van der Waals surface area contributed by atoms with Crippen molar-refractivity contribution >= 4 is 34.4 Å². The van der Waals surface area contributed by atoms with Crippen LogP contribution < -0.4 is 5.32 Å². The number of aromatic nitrogens is 2. The maximum atomic E-state index is 12.6. The van der Waals surface area contributed by atoms with Gasteiger partial charge < -0.3 is 5.32 Å². The number of anilines is 1. The number of fused-ring (bicyclic) bond motifs is 6. The number of carbonyl (C=O) groups is 3. The molecule has 3 amide bonds. The van der Waals surface area contributed by atoms with Gasteiger partial charge in [-0.15, -0.1) is 0 Å². The third kappa shape index (κ3) is 2.16. The first-order valence-electron chi connectivity index (χ1n) is 8.66. The highest BCUT2D eigenvalue weighted by Gasteiger charge is 2.59. The van der Waals surface area contributed by atoms with Gasteiger partial charge in [-0.25, -0.2) is 0 Å². The van der Waals surface area contributed by atoms with E-state index in [0.717, 1.165) is 16.8 Å². The first-order chi connectivity index (χ1) is 12.6. The van der Waals surface area contributed by atoms with Gasteiger partial charge in [-0.2, -0.15) is 0 Å². The van der Waals surface area contributed by atoms with Crippen LogP contribution in [0.5, 0.6) is 0 Å². The predicted molar refractivity (Wildman–Crippen MR) is 92.6 cm³/mol. The van der Waals surface area contributed by atoms with Gasteiger partial charge in [0.25, 0.3) is 0 Å². The SMILES string of the molecule is O=C(CN1C(=O)[C@@H]2[C@@H](C1=O)[C@H]1C=C[C@H]2C1)Nc1ccc2nccnc2c1. The average Bonchev–Trinajstić information content (AvgIpc) is 3.32. The molecule has 4 atom stereocenters. The van der Waals surface area contributed by atoms with E-state index in [2.05, 4.69) is 15.3 Å². The van der Waals surface area contributed by atoms with E-state index in [1.165, 1.54) is 0 Å². The minimum absolute atomic E-state index is 0.147. The number of carbonyl (C=O) groups excluding carboxylic acids is 3. The number of benzene rings is 1. The Kier molecular flexibility index (Phi) is 3.19. The van der Waals surface area contributed by atoms with Gasteiger partial charge in [-0.05, 0) is 36.5 Å². The lowest BCUT2D eigenvalue weighted by Gasteiger charge is -2.16. The highest BCUT2D eigenvalue weighted by Crippen LogP contribution is 2.52. The molecule has 1 saturated heterocycles. The lowest BCUT2D eigenvalue weighted by atomic mass is 9.85. The quantitative estimate of drug-likeness (QED) is 0.668. The number of amides is 3. The molecule has 1 aromatic carbocycles. The number of rotatable bonds is 3. The highest BCUT2D eigenvalue weighted by atomic mass is 16.2. The van der Waals surface area contributed by atoms with Crippen molar-refractivity contribution in [3.8, 4) is 0 Å². The van der Waals surface area contributed by atoms with Gasteiger partial charge in [-0.1, -0.05) is 12.2 Å². The first kappa shape index (κ1) is 15.2. The number of imide groups is 1. The molecule has 26 heavy (non-hydrogen) atoms. The molecule has 2 fully saturated rings. The third-order valence-electron chi connectivity index (χ3n) is 5.62. The monoisotopic (exact) mass is 348 g/mol. The zero-order chi connectivity index (χ0) is 17.8. The van der Waals surface area contributed by atoms with Crippen LogP contribution in [0.1, 0.15) is 6.42 Å². The van der Waals surface area contributed by atoms with E-state index in [1.54, 1.807) is 30.6 Å². The Morgan fingerprint density at radius 2 is 1.69 bits per heavy atom. The molecule has 3 aliphatic rings. The number of hydrogen-bond donors (Lipinski definition) is 1. The maximum Gasteiger partial charge on any atom is 0.244 e. The normalized spacial score (nSPS) is 28.8. The lowest BCUT2D eigenvalue weighted by Crippen LogP contribution is -2.39. The average molecular weight is 348 g/mol. The first-order valence-corrected chi connectivity index (χ1v) is 8.66. The second-order valence-electron chi connectivity index (χ2n) is 7.07. The molecular weight excluding hydrogens is 332 g/mol. The number of likely N-dealkylation sites (tertiary alicyclic amines) is 1. The molecule has 0 unspecified atom stereocenters. The van der Waals surface area contributed by atoms with E-state index < -0.39 is 5.91 Å². The second-order valence-corrected chi connectivity index (χ2v) is 7.07. The van der Waals surface area contributed by atoms with Gasteiger partial charge in [-0.3, -0.25) is 29.3 Å². The van der Waals surface area contributed by atoms with E-state index in [9.17, 15) is 14.4 Å². The fourth-order valence-corrected chi connectivity index (χ4v) is 4.51. The van der Waals surface area contributed by atoms with Crippen molar-refractivity contribution in [2.24, 2.45) is 23.7 Å². The molecular formula is C19H16N4O3. The summed E-state index contributed by atoms with van der Waals surface area (Å²) < 4.78 is 0. The highest BCUT2D eigenvalue weighted by molar-refractivity contribution is 6.09. The lowest BCUT2D eigenvalue weighted by molar-refractivity contribution is -0.143. The van der Waals surface area contributed by atoms with Gasteiger partial charge >= 0.3 is 0 Å². The van der Waals surface area contributed by atoms with Crippen LogP contribution in [0.25, 0.3) is 11.0 Å². The summed E-state index contributed by atoms with van der Waals surface area (Å²) in [5.74, 6) is -1.08. The summed E-state index contributed by atoms with van der Waals surface area (Å²) in [5.41, 5.74) is 1.95. The number of nitrogens with one attached hydrogen (secondary N) is 1. The minimum atomic E-state index is -0.393. The Bertz CT molecular complexity index is 956. The molecule has 2 bridgehead atoms. The molecule has 7 heteroatoms. The zero-order valence-electron chi connectivity index (χ0n) is 13.8. The van der Waals surface area contributed by atoms with Gasteiger partial charge in [0, 0.05) is 18.1 Å². The molecule has 2 heterocycles. The van der Waals surface area contributed by atoms with Gasteiger partial charge in [0.05, 0.1) is 22.9 Å². The van der Waals surface area contributed by atoms with Crippen LogP contribution >= 0.6 is 0 Å². The van der Waals surface area contributed by atoms with E-state index in [4.69, 9.17) is 0 Å². The largest absolute Gasteiger partial charge is 0.324 e. The van der Waals surface area contributed by atoms with Gasteiger partial charge in [0.2, 0.25) is 17.7 Å². The van der Waals surface area contributed by atoms with Crippen LogP contribution in [0.3, 0.4) is 0 Å². The van der Waals surface area contributed by atoms with Crippen molar-refractivity contribution in [1.82, 2.24) is 14.9 Å². The van der Waals surface area contributed by atoms with Crippen LogP contribution in [0.2, 0.25) is 0 Å². The van der Waals surface area contributed by atoms with Crippen molar-refractivity contribution in [1.29, 1.82) is 0 Å². The molecule has 7 nitrogen and oxygen atoms in total. The van der Waals surface area contributed by atoms with E-state index in [-0.39, 0.29) is 42.0 Å². The molecule has 130 valence electrons. The summed E-state index contributed by atoms with van der Waals surface area (Å²) in [6.45, 7) is -0.247. The topological polar surface area (TPSA) is 92.3 Å². The molecule has 0 spiro atoms. The Morgan fingerprint density at radius 3 is 2.38 bits per heavy atom. The van der Waals surface area contributed by atoms with Gasteiger partial charge in [0.1, 0.15) is 6.54 Å². The standard InChI is InChI=1S/C19H16N4O3/c24-15(22-12-3-4-13-14(8-12)21-6-5-20-13)9-23-18(25)16-10-1-2-11(7-10)17(16)19(23)26/h1-6,8,10-11,16-17H,7,9H2,(H,22,24)/t10-,11-,16-,17-/m0/s1. The summed E-state index contributed by atoms with van der Waals surface area (Å²) in [5, 5.41) is 2.74. The zero-order valence-corrected chi connectivity index (χ0v) is 13.8. The Hall–Kier alpha value is -3.09. The fraction of sp³-hybridized carbons (Fsp3) is 0.316. The maximum absolute atomic E-state index is 12.6. The molecule has 2 aromatic rings. The van der Waals surface area contributed by atoms with E-state index >= 15 is 0 Å². The Labute approximate surface area is 149 Å². The van der Waals surface area contributed by atoms with E-state index in [1.807, 2.05) is 12.2 Å². The van der Waals surface area contributed by atoms with E-state index in [0.29, 0.717) is 11.2 Å². The summed E-state index contributed by atoms with van der Waals surface area (Å²) >= 11 is 0. The van der Waals surface area contributed by atoms with Gasteiger partial charge in [0.15, 0.2) is 0 Å². The third-order valence-corrected chi connectivity index (χ3v) is 5.62. The smallest absolute Gasteiger partial charge is 0.244 e. The summed E-state index contributed by atoms with van der Waals surface area (Å²) in [7, 11) is 0. The van der Waals surface area contributed by atoms with Crippen LogP contribution in [-0.2, 0) is 14.4 Å². The van der Waals surface area contributed by atoms with Crippen molar-refractivity contribution in [2.45, 2.75) is 6.42 Å². The molecule has 1 aliphatic heterocycles. The predicted octanol–water partition coefficient (Wildman–Crippen LogP) is 1.38. The fourth-order valence-electron chi connectivity index (χ4n) is 4.51. The van der Waals surface area contributed by atoms with Crippen molar-refractivity contribution in [3.05, 3.63) is 42.7 Å². The van der Waals surface area contributed by atoms with Crippen LogP contribution in [0.15, 0.2) is 42.7 Å². The molecule has 1 N–H and O–H groups in total. The number of allylic oxidation sites excluding steroid dienone is 2. The van der Waals surface area contributed by atoms with Crippen molar-refractivity contribution in [2.75, 3.05) is 11.9 Å². The Morgan fingerprint density at radius 1 is 1.04 bits per heavy atom.